The van der Waals surface area contributed by atoms with Gasteiger partial charge in [0.1, 0.15) is 0 Å². The van der Waals surface area contributed by atoms with Crippen LogP contribution < -0.4 is 0 Å². The number of fused-ring (bicyclic) bond motifs is 5. The average Bonchev–Trinajstić information content (AvgIpc) is 3.41. The van der Waals surface area contributed by atoms with Crippen molar-refractivity contribution in [3.63, 3.8) is 0 Å². The fourth-order valence-electron chi connectivity index (χ4n) is 5.25. The maximum atomic E-state index is 2.49. The van der Waals surface area contributed by atoms with E-state index in [9.17, 15) is 0 Å². The second kappa shape index (κ2) is 6.58. The summed E-state index contributed by atoms with van der Waals surface area (Å²) < 4.78 is 4.86. The number of rotatable bonds is 2. The molecule has 2 aliphatic carbocycles. The standard InChI is InChI=1S/C22H24S4/c1-3-7-13(8-4-1)18-20-15(11-23-18)17-16-12-24-19(14-9-5-2-6-10-14)21(16)26-22(17)25-20/h11-14H,1-10H2. The van der Waals surface area contributed by atoms with E-state index in [1.54, 1.807) is 39.3 Å². The van der Waals surface area contributed by atoms with Crippen LogP contribution >= 0.6 is 45.3 Å². The van der Waals surface area contributed by atoms with Crippen molar-refractivity contribution in [3.05, 3.63) is 20.5 Å². The summed E-state index contributed by atoms with van der Waals surface area (Å²) in [6.45, 7) is 0. The molecule has 0 unspecified atom stereocenters. The van der Waals surface area contributed by atoms with Gasteiger partial charge in [0, 0.05) is 36.7 Å². The molecule has 2 saturated carbocycles. The first-order chi connectivity index (χ1) is 12.9. The van der Waals surface area contributed by atoms with Crippen LogP contribution in [0.5, 0.6) is 0 Å². The van der Waals surface area contributed by atoms with E-state index < -0.39 is 0 Å². The van der Waals surface area contributed by atoms with Crippen LogP contribution in [0.3, 0.4) is 0 Å². The Bertz CT molecular complexity index is 978. The first-order valence-electron chi connectivity index (χ1n) is 10.2. The number of hydrogen-bond donors (Lipinski definition) is 0. The highest BCUT2D eigenvalue weighted by Gasteiger charge is 2.26. The number of hydrogen-bond acceptors (Lipinski definition) is 4. The van der Waals surface area contributed by atoms with Crippen molar-refractivity contribution in [2.75, 3.05) is 0 Å². The molecule has 2 fully saturated rings. The van der Waals surface area contributed by atoms with Gasteiger partial charge in [-0.2, -0.15) is 0 Å². The third kappa shape index (κ3) is 2.48. The molecule has 0 bridgehead atoms. The van der Waals surface area contributed by atoms with Crippen LogP contribution in [0.25, 0.3) is 29.6 Å². The molecular weight excluding hydrogens is 393 g/mol. The summed E-state index contributed by atoms with van der Waals surface area (Å²) in [6, 6.07) is 0. The Hall–Kier alpha value is -0.420. The quantitative estimate of drug-likeness (QED) is 0.305. The summed E-state index contributed by atoms with van der Waals surface area (Å²) >= 11 is 8.33. The van der Waals surface area contributed by atoms with E-state index in [-0.39, 0.29) is 0 Å². The molecule has 0 aliphatic heterocycles. The molecule has 6 rings (SSSR count). The molecule has 4 heterocycles. The van der Waals surface area contributed by atoms with Crippen LogP contribution in [0, 0.1) is 0 Å². The van der Waals surface area contributed by atoms with E-state index in [0.717, 1.165) is 11.8 Å². The molecule has 0 amide bonds. The van der Waals surface area contributed by atoms with Crippen molar-refractivity contribution in [2.45, 2.75) is 76.0 Å². The largest absolute Gasteiger partial charge is 0.146 e. The van der Waals surface area contributed by atoms with Gasteiger partial charge in [0.15, 0.2) is 0 Å². The van der Waals surface area contributed by atoms with E-state index in [2.05, 4.69) is 56.1 Å². The van der Waals surface area contributed by atoms with Crippen molar-refractivity contribution in [3.8, 4) is 0 Å². The lowest BCUT2D eigenvalue weighted by atomic mass is 9.88. The molecule has 4 heteroatoms. The van der Waals surface area contributed by atoms with Crippen molar-refractivity contribution in [1.82, 2.24) is 0 Å². The van der Waals surface area contributed by atoms with Crippen LogP contribution in [0.15, 0.2) is 10.8 Å². The molecule has 0 N–H and O–H groups in total. The summed E-state index contributed by atoms with van der Waals surface area (Å²) in [5.74, 6) is 1.68. The van der Waals surface area contributed by atoms with Crippen molar-refractivity contribution < 1.29 is 0 Å². The SMILES string of the molecule is c1sc(C2CCCCC2)c2sc3sc4c(C5CCCCC5)scc4c3c12. The predicted octanol–water partition coefficient (Wildman–Crippen LogP) is 9.49. The molecule has 0 atom stereocenters. The Labute approximate surface area is 170 Å². The Balaban J connectivity index is 1.48. The second-order valence-electron chi connectivity index (χ2n) is 8.22. The normalized spacial score (nSPS) is 20.8. The maximum absolute atomic E-state index is 2.49. The zero-order chi connectivity index (χ0) is 17.1. The van der Waals surface area contributed by atoms with E-state index in [0.29, 0.717) is 0 Å². The minimum atomic E-state index is 0.842. The molecule has 26 heavy (non-hydrogen) atoms. The van der Waals surface area contributed by atoms with Crippen LogP contribution in [-0.2, 0) is 0 Å². The van der Waals surface area contributed by atoms with Gasteiger partial charge in [-0.1, -0.05) is 38.5 Å². The molecule has 136 valence electrons. The van der Waals surface area contributed by atoms with Crippen molar-refractivity contribution >= 4 is 74.9 Å². The van der Waals surface area contributed by atoms with Gasteiger partial charge in [0.25, 0.3) is 0 Å². The lowest BCUT2D eigenvalue weighted by Gasteiger charge is -2.20. The van der Waals surface area contributed by atoms with Crippen LogP contribution in [0.4, 0.5) is 0 Å². The predicted molar refractivity (Wildman–Crippen MR) is 122 cm³/mol. The molecular formula is C22H24S4. The van der Waals surface area contributed by atoms with E-state index in [1.807, 2.05) is 0 Å². The van der Waals surface area contributed by atoms with Gasteiger partial charge in [0.2, 0.25) is 0 Å². The summed E-state index contributed by atoms with van der Waals surface area (Å²) in [5.41, 5.74) is 0. The first kappa shape index (κ1) is 16.5. The maximum Gasteiger partial charge on any atom is 0.0891 e. The van der Waals surface area contributed by atoms with E-state index >= 15 is 0 Å². The molecule has 0 radical (unpaired) electrons. The Morgan fingerprint density at radius 3 is 1.54 bits per heavy atom. The van der Waals surface area contributed by atoms with Gasteiger partial charge in [-0.25, -0.2) is 0 Å². The third-order valence-electron chi connectivity index (χ3n) is 6.63. The smallest absolute Gasteiger partial charge is 0.0891 e. The van der Waals surface area contributed by atoms with E-state index in [4.69, 9.17) is 0 Å². The van der Waals surface area contributed by atoms with Crippen molar-refractivity contribution in [1.29, 1.82) is 0 Å². The van der Waals surface area contributed by atoms with Gasteiger partial charge >= 0.3 is 0 Å². The van der Waals surface area contributed by atoms with Crippen LogP contribution in [-0.4, -0.2) is 0 Å². The fraction of sp³-hybridized carbons (Fsp3) is 0.545. The van der Waals surface area contributed by atoms with E-state index in [1.165, 1.54) is 64.2 Å². The Morgan fingerprint density at radius 2 is 1.08 bits per heavy atom. The first-order valence-corrected chi connectivity index (χ1v) is 13.6. The molecule has 0 nitrogen and oxygen atoms in total. The fourth-order valence-corrected chi connectivity index (χ4v) is 10.9. The summed E-state index contributed by atoms with van der Waals surface area (Å²) in [6.07, 6.45) is 14.3. The van der Waals surface area contributed by atoms with Crippen LogP contribution in [0.1, 0.15) is 85.8 Å². The zero-order valence-electron chi connectivity index (χ0n) is 15.0. The second-order valence-corrected chi connectivity index (χ2v) is 12.3. The highest BCUT2D eigenvalue weighted by atomic mass is 32.2. The minimum absolute atomic E-state index is 0.842. The molecule has 4 aromatic heterocycles. The van der Waals surface area contributed by atoms with Gasteiger partial charge in [-0.15, -0.1) is 45.3 Å². The summed E-state index contributed by atoms with van der Waals surface area (Å²) in [4.78, 5) is 3.42. The lowest BCUT2D eigenvalue weighted by Crippen LogP contribution is -2.02. The third-order valence-corrected chi connectivity index (χ3v) is 11.7. The minimum Gasteiger partial charge on any atom is -0.146 e. The van der Waals surface area contributed by atoms with Gasteiger partial charge in [-0.3, -0.25) is 0 Å². The summed E-state index contributed by atoms with van der Waals surface area (Å²) in [7, 11) is 0. The van der Waals surface area contributed by atoms with Gasteiger partial charge in [-0.05, 0) is 37.5 Å². The topological polar surface area (TPSA) is 0 Å². The average molecular weight is 417 g/mol. The molecule has 4 aromatic rings. The van der Waals surface area contributed by atoms with Gasteiger partial charge in [0.05, 0.1) is 13.4 Å². The van der Waals surface area contributed by atoms with Gasteiger partial charge < -0.3 is 0 Å². The summed E-state index contributed by atoms with van der Waals surface area (Å²) in [5, 5.41) is 9.73. The highest BCUT2D eigenvalue weighted by Crippen LogP contribution is 2.53. The lowest BCUT2D eigenvalue weighted by molar-refractivity contribution is 0.450. The Morgan fingerprint density at radius 1 is 0.615 bits per heavy atom. The molecule has 0 saturated heterocycles. The molecule has 2 aliphatic rings. The number of thiophene rings is 4. The molecule has 0 aromatic carbocycles. The zero-order valence-corrected chi connectivity index (χ0v) is 18.3. The highest BCUT2D eigenvalue weighted by molar-refractivity contribution is 7.46. The molecule has 0 spiro atoms. The monoisotopic (exact) mass is 416 g/mol. The Kier molecular flexibility index (Phi) is 4.18. The van der Waals surface area contributed by atoms with Crippen LogP contribution in [0.2, 0.25) is 0 Å². The van der Waals surface area contributed by atoms with Crippen molar-refractivity contribution in [2.24, 2.45) is 0 Å².